The van der Waals surface area contributed by atoms with E-state index in [9.17, 15) is 0 Å². The minimum atomic E-state index is -0.891. The second-order valence-electron chi connectivity index (χ2n) is 1.99. The third-order valence-corrected chi connectivity index (χ3v) is 4.34. The van der Waals surface area contributed by atoms with Crippen molar-refractivity contribution in [3.05, 3.63) is 41.7 Å². The van der Waals surface area contributed by atoms with E-state index in [2.05, 4.69) is 6.58 Å². The Kier molecular flexibility index (Phi) is 3.39. The third kappa shape index (κ3) is 2.48. The first-order valence-electron chi connectivity index (χ1n) is 3.07. The van der Waals surface area contributed by atoms with Crippen LogP contribution in [0.1, 0.15) is 0 Å². The van der Waals surface area contributed by atoms with Crippen LogP contribution in [0.15, 0.2) is 41.7 Å². The Morgan fingerprint density at radius 2 is 1.82 bits per heavy atom. The standard InChI is InChI=1S/C8H7Cl2P/c1-7(9)11(10)8-5-3-2-4-6-8/h2-6H,1H2. The van der Waals surface area contributed by atoms with Gasteiger partial charge in [0, 0.05) is 0 Å². The predicted molar refractivity (Wildman–Crippen MR) is 53.8 cm³/mol. The molecule has 0 radical (unpaired) electrons. The van der Waals surface area contributed by atoms with Crippen LogP contribution >= 0.6 is 30.1 Å². The molecule has 0 N–H and O–H groups in total. The number of rotatable bonds is 2. The maximum Gasteiger partial charge on any atom is 0.0634 e. The van der Waals surface area contributed by atoms with Crippen molar-refractivity contribution in [3.63, 3.8) is 0 Å². The summed E-state index contributed by atoms with van der Waals surface area (Å²) in [7, 11) is -0.891. The molecule has 1 rings (SSSR count). The highest BCUT2D eigenvalue weighted by atomic mass is 35.7. The average Bonchev–Trinajstić information content (AvgIpc) is 2.05. The van der Waals surface area contributed by atoms with Gasteiger partial charge in [-0.15, -0.1) is 0 Å². The number of hydrogen-bond acceptors (Lipinski definition) is 0. The van der Waals surface area contributed by atoms with E-state index < -0.39 is 7.27 Å². The van der Waals surface area contributed by atoms with Crippen LogP contribution in [0.2, 0.25) is 0 Å². The summed E-state index contributed by atoms with van der Waals surface area (Å²) < 4.78 is 0.521. The van der Waals surface area contributed by atoms with Crippen LogP contribution in [0.3, 0.4) is 0 Å². The fraction of sp³-hybridized carbons (Fsp3) is 0. The predicted octanol–water partition coefficient (Wildman–Crippen LogP) is 3.66. The molecule has 0 bridgehead atoms. The Hall–Kier alpha value is -0.0300. The van der Waals surface area contributed by atoms with Gasteiger partial charge in [0.05, 0.1) is 12.0 Å². The SMILES string of the molecule is C=C(Cl)P(Cl)c1ccccc1. The van der Waals surface area contributed by atoms with Gasteiger partial charge in [-0.3, -0.25) is 0 Å². The van der Waals surface area contributed by atoms with E-state index in [4.69, 9.17) is 22.8 Å². The maximum atomic E-state index is 5.97. The maximum absolute atomic E-state index is 5.97. The molecule has 0 aromatic heterocycles. The van der Waals surface area contributed by atoms with Crippen molar-refractivity contribution in [1.29, 1.82) is 0 Å². The zero-order valence-electron chi connectivity index (χ0n) is 5.80. The molecule has 0 saturated heterocycles. The van der Waals surface area contributed by atoms with Crippen LogP contribution in [-0.2, 0) is 0 Å². The number of benzene rings is 1. The van der Waals surface area contributed by atoms with E-state index in [-0.39, 0.29) is 0 Å². The summed E-state index contributed by atoms with van der Waals surface area (Å²) in [6, 6.07) is 9.72. The lowest BCUT2D eigenvalue weighted by molar-refractivity contribution is 1.78. The summed E-state index contributed by atoms with van der Waals surface area (Å²) in [6.07, 6.45) is 0. The normalized spacial score (nSPS) is 12.5. The Morgan fingerprint density at radius 3 is 2.27 bits per heavy atom. The summed E-state index contributed by atoms with van der Waals surface area (Å²) in [4.78, 5) is 0. The lowest BCUT2D eigenvalue weighted by atomic mass is 10.4. The molecule has 1 aromatic carbocycles. The first-order chi connectivity index (χ1) is 5.22. The number of halogens is 2. The van der Waals surface area contributed by atoms with Crippen molar-refractivity contribution in [3.8, 4) is 0 Å². The number of hydrogen-bond donors (Lipinski definition) is 0. The Balaban J connectivity index is 2.85. The van der Waals surface area contributed by atoms with E-state index in [1.54, 1.807) is 0 Å². The van der Waals surface area contributed by atoms with Crippen LogP contribution in [0.5, 0.6) is 0 Å². The topological polar surface area (TPSA) is 0 Å². The molecule has 0 nitrogen and oxygen atoms in total. The van der Waals surface area contributed by atoms with Gasteiger partial charge in [0.1, 0.15) is 0 Å². The van der Waals surface area contributed by atoms with Gasteiger partial charge >= 0.3 is 0 Å². The molecule has 0 aliphatic rings. The highest BCUT2D eigenvalue weighted by molar-refractivity contribution is 7.94. The molecule has 11 heavy (non-hydrogen) atoms. The van der Waals surface area contributed by atoms with Gasteiger partial charge in [0.2, 0.25) is 0 Å². The summed E-state index contributed by atoms with van der Waals surface area (Å²) >= 11 is 11.6. The highest BCUT2D eigenvalue weighted by Crippen LogP contribution is 2.49. The zero-order valence-corrected chi connectivity index (χ0v) is 8.20. The van der Waals surface area contributed by atoms with Crippen molar-refractivity contribution in [2.45, 2.75) is 0 Å². The Labute approximate surface area is 77.4 Å². The molecule has 1 unspecified atom stereocenters. The molecule has 1 atom stereocenters. The third-order valence-electron chi connectivity index (χ3n) is 1.20. The lowest BCUT2D eigenvalue weighted by Gasteiger charge is -2.05. The van der Waals surface area contributed by atoms with Crippen molar-refractivity contribution in [2.24, 2.45) is 0 Å². The van der Waals surface area contributed by atoms with E-state index in [1.165, 1.54) is 0 Å². The van der Waals surface area contributed by atoms with Crippen LogP contribution in [-0.4, -0.2) is 0 Å². The summed E-state index contributed by atoms with van der Waals surface area (Å²) in [6.45, 7) is 3.59. The second kappa shape index (κ2) is 4.11. The molecule has 0 spiro atoms. The molecule has 3 heteroatoms. The first kappa shape index (κ1) is 9.06. The lowest BCUT2D eigenvalue weighted by Crippen LogP contribution is -1.93. The molecular weight excluding hydrogens is 198 g/mol. The molecule has 0 aliphatic heterocycles. The Morgan fingerprint density at radius 1 is 1.27 bits per heavy atom. The summed E-state index contributed by atoms with van der Waals surface area (Å²) in [5, 5.41) is 1.05. The zero-order chi connectivity index (χ0) is 8.27. The van der Waals surface area contributed by atoms with Crippen LogP contribution < -0.4 is 5.30 Å². The largest absolute Gasteiger partial charge is 0.0849 e. The van der Waals surface area contributed by atoms with Crippen LogP contribution in [0.4, 0.5) is 0 Å². The monoisotopic (exact) mass is 204 g/mol. The van der Waals surface area contributed by atoms with Gasteiger partial charge < -0.3 is 0 Å². The van der Waals surface area contributed by atoms with Crippen molar-refractivity contribution in [1.82, 2.24) is 0 Å². The van der Waals surface area contributed by atoms with Gasteiger partial charge in [-0.05, 0) is 5.30 Å². The fourth-order valence-electron chi connectivity index (χ4n) is 0.699. The minimum absolute atomic E-state index is 0.521. The molecule has 0 aliphatic carbocycles. The van der Waals surface area contributed by atoms with Crippen molar-refractivity contribution in [2.75, 3.05) is 0 Å². The average molecular weight is 205 g/mol. The fourth-order valence-corrected chi connectivity index (χ4v) is 2.04. The van der Waals surface area contributed by atoms with E-state index >= 15 is 0 Å². The highest BCUT2D eigenvalue weighted by Gasteiger charge is 2.07. The molecular formula is C8H7Cl2P. The van der Waals surface area contributed by atoms with Gasteiger partial charge in [0.15, 0.2) is 0 Å². The molecule has 1 aromatic rings. The first-order valence-corrected chi connectivity index (χ1v) is 5.69. The van der Waals surface area contributed by atoms with Crippen molar-refractivity contribution < 1.29 is 0 Å². The minimum Gasteiger partial charge on any atom is -0.0849 e. The van der Waals surface area contributed by atoms with Crippen LogP contribution in [0, 0.1) is 0 Å². The second-order valence-corrected chi connectivity index (χ2v) is 5.34. The molecule has 0 heterocycles. The molecule has 0 fully saturated rings. The van der Waals surface area contributed by atoms with Gasteiger partial charge in [0.25, 0.3) is 0 Å². The smallest absolute Gasteiger partial charge is 0.0634 e. The van der Waals surface area contributed by atoms with Gasteiger partial charge in [-0.25, -0.2) is 0 Å². The van der Waals surface area contributed by atoms with E-state index in [0.29, 0.717) is 4.77 Å². The summed E-state index contributed by atoms with van der Waals surface area (Å²) in [5.41, 5.74) is 0. The molecule has 0 amide bonds. The van der Waals surface area contributed by atoms with Gasteiger partial charge in [-0.1, -0.05) is 59.8 Å². The van der Waals surface area contributed by atoms with E-state index in [1.807, 2.05) is 30.3 Å². The van der Waals surface area contributed by atoms with Crippen LogP contribution in [0.25, 0.3) is 0 Å². The van der Waals surface area contributed by atoms with E-state index in [0.717, 1.165) is 5.30 Å². The Bertz CT molecular complexity index is 246. The summed E-state index contributed by atoms with van der Waals surface area (Å²) in [5.74, 6) is 0. The van der Waals surface area contributed by atoms with Crippen molar-refractivity contribution >= 4 is 35.4 Å². The molecule has 0 saturated carbocycles. The van der Waals surface area contributed by atoms with Gasteiger partial charge in [-0.2, -0.15) is 0 Å². The molecule has 58 valence electrons. The quantitative estimate of drug-likeness (QED) is 0.646.